The van der Waals surface area contributed by atoms with Crippen LogP contribution in [-0.2, 0) is 26.2 Å². The molecule has 0 bridgehead atoms. The molecule has 2 aromatic rings. The summed E-state index contributed by atoms with van der Waals surface area (Å²) in [4.78, 5) is -0.134. The fourth-order valence-electron chi connectivity index (χ4n) is 2.81. The fourth-order valence-corrected chi connectivity index (χ4v) is 5.51. The number of hydrogen-bond acceptors (Lipinski definition) is 4. The highest BCUT2D eigenvalue weighted by Gasteiger charge is 2.30. The third kappa shape index (κ3) is 4.41. The molecule has 0 atom stereocenters. The van der Waals surface area contributed by atoms with Gasteiger partial charge in [0.25, 0.3) is 10.0 Å². The zero-order valence-electron chi connectivity index (χ0n) is 14.5. The smallest absolute Gasteiger partial charge is 0.280 e. The Balaban J connectivity index is 1.79. The number of alkyl halides is 3. The molecule has 1 aliphatic heterocycles. The summed E-state index contributed by atoms with van der Waals surface area (Å²) in [5.41, 5.74) is -0.536. The van der Waals surface area contributed by atoms with Gasteiger partial charge in [-0.25, -0.2) is 16.8 Å². The average molecular weight is 434 g/mol. The summed E-state index contributed by atoms with van der Waals surface area (Å²) in [5, 5.41) is 0. The summed E-state index contributed by atoms with van der Waals surface area (Å²) in [6.07, 6.45) is -3.21. The molecule has 152 valence electrons. The van der Waals surface area contributed by atoms with Gasteiger partial charge in [-0.05, 0) is 61.4 Å². The van der Waals surface area contributed by atoms with Crippen molar-refractivity contribution in [3.8, 4) is 0 Å². The quantitative estimate of drug-likeness (QED) is 0.799. The van der Waals surface area contributed by atoms with Crippen molar-refractivity contribution >= 4 is 31.4 Å². The van der Waals surface area contributed by atoms with Gasteiger partial charge in [0.1, 0.15) is 0 Å². The van der Waals surface area contributed by atoms with Crippen molar-refractivity contribution in [3.05, 3.63) is 54.1 Å². The molecule has 1 fully saturated rings. The number of halogens is 3. The van der Waals surface area contributed by atoms with Gasteiger partial charge < -0.3 is 0 Å². The number of hydrogen-bond donors (Lipinski definition) is 1. The molecule has 0 saturated carbocycles. The van der Waals surface area contributed by atoms with Gasteiger partial charge in [-0.3, -0.25) is 9.03 Å². The SMILES string of the molecule is O=S(=O)(Nc1ccc(C(F)(F)F)cc1)c1ccc(N2CCCCS2(=O)=O)cc1. The lowest BCUT2D eigenvalue weighted by Gasteiger charge is -2.28. The Hall–Kier alpha value is -2.27. The van der Waals surface area contributed by atoms with E-state index in [1.807, 2.05) is 0 Å². The Morgan fingerprint density at radius 1 is 0.929 bits per heavy atom. The second-order valence-corrected chi connectivity index (χ2v) is 9.97. The predicted octanol–water partition coefficient (Wildman–Crippen LogP) is 3.44. The van der Waals surface area contributed by atoms with Crippen molar-refractivity contribution in [2.24, 2.45) is 0 Å². The van der Waals surface area contributed by atoms with Crippen LogP contribution < -0.4 is 9.03 Å². The minimum absolute atomic E-state index is 0.0179. The van der Waals surface area contributed by atoms with Crippen LogP contribution in [0.4, 0.5) is 24.5 Å². The van der Waals surface area contributed by atoms with E-state index < -0.39 is 31.8 Å². The maximum absolute atomic E-state index is 12.6. The van der Waals surface area contributed by atoms with Crippen molar-refractivity contribution in [1.29, 1.82) is 0 Å². The third-order valence-electron chi connectivity index (χ3n) is 4.25. The van der Waals surface area contributed by atoms with Gasteiger partial charge in [-0.2, -0.15) is 13.2 Å². The largest absolute Gasteiger partial charge is 0.416 e. The molecule has 28 heavy (non-hydrogen) atoms. The summed E-state index contributed by atoms with van der Waals surface area (Å²) in [6.45, 7) is 0.332. The van der Waals surface area contributed by atoms with Crippen LogP contribution in [0.3, 0.4) is 0 Å². The van der Waals surface area contributed by atoms with E-state index in [1.165, 1.54) is 28.6 Å². The van der Waals surface area contributed by atoms with E-state index in [1.54, 1.807) is 0 Å². The Kier molecular flexibility index (Phi) is 5.32. The maximum Gasteiger partial charge on any atom is 0.416 e. The average Bonchev–Trinajstić information content (AvgIpc) is 2.61. The molecule has 1 N–H and O–H groups in total. The Morgan fingerprint density at radius 3 is 2.07 bits per heavy atom. The Morgan fingerprint density at radius 2 is 1.54 bits per heavy atom. The van der Waals surface area contributed by atoms with Gasteiger partial charge in [0.15, 0.2) is 0 Å². The van der Waals surface area contributed by atoms with E-state index in [0.29, 0.717) is 18.7 Å². The minimum atomic E-state index is -4.51. The molecule has 0 spiro atoms. The predicted molar refractivity (Wildman–Crippen MR) is 99.1 cm³/mol. The highest BCUT2D eigenvalue weighted by molar-refractivity contribution is 7.93. The van der Waals surface area contributed by atoms with Gasteiger partial charge in [0.2, 0.25) is 10.0 Å². The lowest BCUT2D eigenvalue weighted by atomic mass is 10.2. The second-order valence-electron chi connectivity index (χ2n) is 6.27. The summed E-state index contributed by atoms with van der Waals surface area (Å²) >= 11 is 0. The highest BCUT2D eigenvalue weighted by Crippen LogP contribution is 2.30. The summed E-state index contributed by atoms with van der Waals surface area (Å²) in [7, 11) is -7.45. The first-order valence-corrected chi connectivity index (χ1v) is 11.4. The summed E-state index contributed by atoms with van der Waals surface area (Å²) in [6, 6.07) is 8.90. The van der Waals surface area contributed by atoms with E-state index in [2.05, 4.69) is 4.72 Å². The Labute approximate surface area is 161 Å². The first-order chi connectivity index (χ1) is 13.0. The van der Waals surface area contributed by atoms with Crippen LogP contribution in [0.1, 0.15) is 18.4 Å². The first kappa shape index (κ1) is 20.5. The van der Waals surface area contributed by atoms with Crippen molar-refractivity contribution < 1.29 is 30.0 Å². The molecule has 0 amide bonds. The van der Waals surface area contributed by atoms with E-state index in [0.717, 1.165) is 30.7 Å². The van der Waals surface area contributed by atoms with Crippen molar-refractivity contribution in [3.63, 3.8) is 0 Å². The lowest BCUT2D eigenvalue weighted by molar-refractivity contribution is -0.137. The Bertz CT molecular complexity index is 1050. The van der Waals surface area contributed by atoms with Crippen LogP contribution in [0, 0.1) is 0 Å². The number of benzene rings is 2. The molecule has 2 aromatic carbocycles. The van der Waals surface area contributed by atoms with Gasteiger partial charge in [0.05, 0.1) is 21.9 Å². The number of nitrogens with one attached hydrogen (secondary N) is 1. The number of nitrogens with zero attached hydrogens (tertiary/aromatic N) is 1. The number of anilines is 2. The number of rotatable bonds is 4. The second kappa shape index (κ2) is 7.28. The van der Waals surface area contributed by atoms with Gasteiger partial charge in [0, 0.05) is 12.2 Å². The van der Waals surface area contributed by atoms with Gasteiger partial charge in [-0.1, -0.05) is 0 Å². The lowest BCUT2D eigenvalue weighted by Crippen LogP contribution is -2.37. The fraction of sp³-hybridized carbons (Fsp3) is 0.294. The van der Waals surface area contributed by atoms with Crippen LogP contribution in [0.25, 0.3) is 0 Å². The molecular formula is C17H17F3N2O4S2. The highest BCUT2D eigenvalue weighted by atomic mass is 32.2. The van der Waals surface area contributed by atoms with Crippen LogP contribution in [0.15, 0.2) is 53.4 Å². The van der Waals surface area contributed by atoms with Gasteiger partial charge >= 0.3 is 6.18 Å². The van der Waals surface area contributed by atoms with Gasteiger partial charge in [-0.15, -0.1) is 0 Å². The molecule has 11 heteroatoms. The standard InChI is InChI=1S/C17H17F3N2O4S2/c18-17(19,20)13-3-5-14(6-4-13)21-28(25,26)16-9-7-15(8-10-16)22-11-1-2-12-27(22,23)24/h3-10,21H,1-2,11-12H2. The molecule has 6 nitrogen and oxygen atoms in total. The van der Waals surface area contributed by atoms with Crippen molar-refractivity contribution in [2.75, 3.05) is 21.3 Å². The van der Waals surface area contributed by atoms with E-state index in [9.17, 15) is 30.0 Å². The summed E-state index contributed by atoms with van der Waals surface area (Å²) < 4.78 is 90.3. The molecule has 0 aromatic heterocycles. The topological polar surface area (TPSA) is 83.6 Å². The molecule has 1 aliphatic rings. The van der Waals surface area contributed by atoms with Crippen LogP contribution >= 0.6 is 0 Å². The minimum Gasteiger partial charge on any atom is -0.280 e. The molecule has 3 rings (SSSR count). The molecule has 1 saturated heterocycles. The van der Waals surface area contributed by atoms with E-state index in [-0.39, 0.29) is 16.3 Å². The van der Waals surface area contributed by atoms with Crippen molar-refractivity contribution in [1.82, 2.24) is 0 Å². The van der Waals surface area contributed by atoms with Crippen LogP contribution in [0.2, 0.25) is 0 Å². The van der Waals surface area contributed by atoms with E-state index in [4.69, 9.17) is 0 Å². The van der Waals surface area contributed by atoms with E-state index >= 15 is 0 Å². The zero-order chi connectivity index (χ0) is 20.6. The van der Waals surface area contributed by atoms with Crippen LogP contribution in [-0.4, -0.2) is 29.1 Å². The van der Waals surface area contributed by atoms with Crippen molar-refractivity contribution in [2.45, 2.75) is 23.9 Å². The molecular weight excluding hydrogens is 417 g/mol. The first-order valence-electron chi connectivity index (χ1n) is 8.30. The normalized spacial score (nSPS) is 17.3. The monoisotopic (exact) mass is 434 g/mol. The molecule has 1 heterocycles. The van der Waals surface area contributed by atoms with Crippen LogP contribution in [0.5, 0.6) is 0 Å². The maximum atomic E-state index is 12.6. The summed E-state index contributed by atoms with van der Waals surface area (Å²) in [5.74, 6) is 0.0442. The third-order valence-corrected chi connectivity index (χ3v) is 7.52. The molecule has 0 radical (unpaired) electrons. The number of sulfonamides is 2. The molecule has 0 unspecified atom stereocenters. The zero-order valence-corrected chi connectivity index (χ0v) is 16.1. The molecule has 0 aliphatic carbocycles.